The molecule has 3 N–H and O–H groups in total. The van der Waals surface area contributed by atoms with Crippen molar-refractivity contribution in [2.24, 2.45) is 0 Å². The van der Waals surface area contributed by atoms with E-state index in [4.69, 9.17) is 14.6 Å². The summed E-state index contributed by atoms with van der Waals surface area (Å²) in [5.74, 6) is -4.02. The van der Waals surface area contributed by atoms with Gasteiger partial charge in [-0.3, -0.25) is 9.78 Å². The van der Waals surface area contributed by atoms with Crippen molar-refractivity contribution in [3.63, 3.8) is 0 Å². The van der Waals surface area contributed by atoms with Gasteiger partial charge in [-0.2, -0.15) is 13.2 Å². The third-order valence-electron chi connectivity index (χ3n) is 4.43. The van der Waals surface area contributed by atoms with E-state index in [1.165, 1.54) is 11.3 Å². The molecule has 1 unspecified atom stereocenters. The first-order valence-corrected chi connectivity index (χ1v) is 12.4. The van der Waals surface area contributed by atoms with Crippen molar-refractivity contribution in [3.8, 4) is 9.88 Å². The van der Waals surface area contributed by atoms with Crippen molar-refractivity contribution < 1.29 is 42.5 Å². The zero-order chi connectivity index (χ0) is 27.8. The van der Waals surface area contributed by atoms with Crippen molar-refractivity contribution in [1.29, 1.82) is 0 Å². The van der Waals surface area contributed by atoms with Crippen LogP contribution in [0.15, 0.2) is 35.8 Å². The minimum absolute atomic E-state index is 0.188. The van der Waals surface area contributed by atoms with Crippen molar-refractivity contribution >= 4 is 40.5 Å². The summed E-state index contributed by atoms with van der Waals surface area (Å²) in [5.41, 5.74) is 1.84. The largest absolute Gasteiger partial charge is 0.490 e. The highest BCUT2D eigenvalue weighted by Crippen LogP contribution is 2.30. The van der Waals surface area contributed by atoms with Gasteiger partial charge in [0.15, 0.2) is 6.10 Å². The Kier molecular flexibility index (Phi) is 10.7. The lowest BCUT2D eigenvalue weighted by atomic mass is 10.1. The summed E-state index contributed by atoms with van der Waals surface area (Å²) >= 11 is 3.08. The minimum atomic E-state index is -5.08. The monoisotopic (exact) mass is 559 g/mol. The highest BCUT2D eigenvalue weighted by Gasteiger charge is 2.38. The minimum Gasteiger partial charge on any atom is -0.479 e. The van der Waals surface area contributed by atoms with Gasteiger partial charge in [-0.15, -0.1) is 22.7 Å². The number of amides is 1. The number of rotatable bonds is 9. The van der Waals surface area contributed by atoms with E-state index in [0.717, 1.165) is 20.3 Å². The van der Waals surface area contributed by atoms with Gasteiger partial charge in [-0.1, -0.05) is 6.07 Å². The Morgan fingerprint density at radius 3 is 2.41 bits per heavy atom. The molecule has 0 spiro atoms. The predicted molar refractivity (Wildman–Crippen MR) is 131 cm³/mol. The number of hydrogen-bond donors (Lipinski definition) is 3. The van der Waals surface area contributed by atoms with Crippen LogP contribution in [0.2, 0.25) is 0 Å². The molecule has 14 heteroatoms. The molecule has 3 aromatic rings. The topological polar surface area (TPSA) is 139 Å². The van der Waals surface area contributed by atoms with E-state index in [-0.39, 0.29) is 25.0 Å². The van der Waals surface area contributed by atoms with Gasteiger partial charge in [0.05, 0.1) is 23.2 Å². The molecule has 9 nitrogen and oxygen atoms in total. The number of aromatic nitrogens is 2. The summed E-state index contributed by atoms with van der Waals surface area (Å²) in [6.07, 6.45) is -4.37. The lowest BCUT2D eigenvalue weighted by Crippen LogP contribution is -2.29. The molecule has 1 atom stereocenters. The molecule has 200 valence electrons. The number of carbonyl (C=O) groups excluding carboxylic acids is 1. The Morgan fingerprint density at radius 1 is 1.19 bits per heavy atom. The maximum absolute atomic E-state index is 12.6. The van der Waals surface area contributed by atoms with E-state index in [9.17, 15) is 27.9 Å². The van der Waals surface area contributed by atoms with E-state index in [1.54, 1.807) is 43.5 Å². The van der Waals surface area contributed by atoms with E-state index < -0.39 is 24.2 Å². The van der Waals surface area contributed by atoms with Crippen LogP contribution in [0.4, 0.5) is 13.2 Å². The number of pyridine rings is 1. The molecule has 3 aromatic heterocycles. The number of ether oxygens (including phenoxy) is 1. The summed E-state index contributed by atoms with van der Waals surface area (Å²) in [5, 5.41) is 22.1. The third-order valence-corrected chi connectivity index (χ3v) is 6.44. The maximum Gasteiger partial charge on any atom is 0.490 e. The molecule has 0 aromatic carbocycles. The van der Waals surface area contributed by atoms with Crippen LogP contribution >= 0.6 is 22.7 Å². The molecule has 0 radical (unpaired) electrons. The Bertz CT molecular complexity index is 1210. The highest BCUT2D eigenvalue weighted by atomic mass is 32.1. The normalized spacial score (nSPS) is 12.0. The van der Waals surface area contributed by atoms with Crippen LogP contribution < -0.4 is 5.32 Å². The summed E-state index contributed by atoms with van der Waals surface area (Å²) in [6, 6.07) is 7.47. The number of aliphatic carboxylic acids is 2. The van der Waals surface area contributed by atoms with Gasteiger partial charge in [-0.25, -0.2) is 14.6 Å². The molecule has 0 aliphatic carbocycles. The molecule has 3 rings (SSSR count). The number of nitrogens with zero attached hydrogens (tertiary/aromatic N) is 2. The fraction of sp³-hybridized carbons (Fsp3) is 0.348. The highest BCUT2D eigenvalue weighted by molar-refractivity contribution is 7.21. The van der Waals surface area contributed by atoms with E-state index >= 15 is 0 Å². The first kappa shape index (κ1) is 29.9. The van der Waals surface area contributed by atoms with Crippen LogP contribution in [0.5, 0.6) is 0 Å². The number of thiazole rings is 1. The molecule has 0 saturated heterocycles. The number of halogens is 3. The second kappa shape index (κ2) is 13.3. The van der Waals surface area contributed by atoms with Gasteiger partial charge in [0.2, 0.25) is 0 Å². The molecule has 0 bridgehead atoms. The predicted octanol–water partition coefficient (Wildman–Crippen LogP) is 4.56. The van der Waals surface area contributed by atoms with Crippen LogP contribution in [-0.2, 0) is 27.3 Å². The smallest absolute Gasteiger partial charge is 0.479 e. The van der Waals surface area contributed by atoms with Crippen LogP contribution in [0.1, 0.15) is 40.5 Å². The number of carboxylic acids is 2. The summed E-state index contributed by atoms with van der Waals surface area (Å²) in [4.78, 5) is 43.6. The standard InChI is InChI=1S/C21H23N3O4S2.C2HF3O2/c1-12(2)28-16(21(26)27)10-14-6-7-22-15(9-14)11-23-19(25)18-13(3)30-20(24-18)17-5-4-8-29-17;3-2(4,5)1(6)7/h4-9,12,16H,10-11H2,1-3H3,(H,23,25)(H,26,27);(H,6,7). The van der Waals surface area contributed by atoms with Gasteiger partial charge >= 0.3 is 18.1 Å². The molecular weight excluding hydrogens is 535 g/mol. The number of hydrogen-bond acceptors (Lipinski definition) is 8. The van der Waals surface area contributed by atoms with Gasteiger partial charge in [0.1, 0.15) is 10.7 Å². The van der Waals surface area contributed by atoms with E-state index in [0.29, 0.717) is 11.4 Å². The molecule has 3 heterocycles. The zero-order valence-corrected chi connectivity index (χ0v) is 21.5. The van der Waals surface area contributed by atoms with E-state index in [2.05, 4.69) is 15.3 Å². The quantitative estimate of drug-likeness (QED) is 0.347. The van der Waals surface area contributed by atoms with Crippen molar-refractivity contribution in [3.05, 3.63) is 57.7 Å². The van der Waals surface area contributed by atoms with E-state index in [1.807, 2.05) is 24.4 Å². The number of nitrogens with one attached hydrogen (secondary N) is 1. The molecule has 37 heavy (non-hydrogen) atoms. The van der Waals surface area contributed by atoms with Crippen LogP contribution in [-0.4, -0.2) is 56.4 Å². The van der Waals surface area contributed by atoms with Crippen molar-refractivity contribution in [2.45, 2.75) is 52.1 Å². The van der Waals surface area contributed by atoms with Crippen LogP contribution in [0.3, 0.4) is 0 Å². The number of carbonyl (C=O) groups is 3. The number of carboxylic acid groups (broad SMARTS) is 2. The Labute approximate surface area is 218 Å². The first-order valence-electron chi connectivity index (χ1n) is 10.7. The van der Waals surface area contributed by atoms with Crippen molar-refractivity contribution in [2.75, 3.05) is 0 Å². The second-order valence-corrected chi connectivity index (χ2v) is 9.91. The first-order chi connectivity index (χ1) is 17.3. The summed E-state index contributed by atoms with van der Waals surface area (Å²) in [6.45, 7) is 5.70. The van der Waals surface area contributed by atoms with Gasteiger partial charge in [0, 0.05) is 17.5 Å². The number of alkyl halides is 3. The Balaban J connectivity index is 0.000000604. The van der Waals surface area contributed by atoms with Crippen LogP contribution in [0.25, 0.3) is 9.88 Å². The zero-order valence-electron chi connectivity index (χ0n) is 19.9. The summed E-state index contributed by atoms with van der Waals surface area (Å²) in [7, 11) is 0. The molecule has 0 saturated carbocycles. The molecule has 0 aliphatic rings. The molecule has 1 amide bonds. The third kappa shape index (κ3) is 9.55. The van der Waals surface area contributed by atoms with Crippen molar-refractivity contribution in [1.82, 2.24) is 15.3 Å². The average Bonchev–Trinajstić information content (AvgIpc) is 3.46. The SMILES string of the molecule is Cc1sc(-c2cccs2)nc1C(=O)NCc1cc(CC(OC(C)C)C(=O)O)ccn1.O=C(O)C(F)(F)F. The lowest BCUT2D eigenvalue weighted by Gasteiger charge is -2.16. The summed E-state index contributed by atoms with van der Waals surface area (Å²) < 4.78 is 37.2. The molecular formula is C23H24F3N3O6S2. The number of thiophene rings is 1. The number of aryl methyl sites for hydroxylation is 1. The Morgan fingerprint density at radius 2 is 1.86 bits per heavy atom. The Hall–Kier alpha value is -3.36. The van der Waals surface area contributed by atoms with Gasteiger partial charge < -0.3 is 20.3 Å². The fourth-order valence-corrected chi connectivity index (χ4v) is 4.56. The lowest BCUT2D eigenvalue weighted by molar-refractivity contribution is -0.192. The van der Waals surface area contributed by atoms with Gasteiger partial charge in [0.25, 0.3) is 5.91 Å². The van der Waals surface area contributed by atoms with Gasteiger partial charge in [-0.05, 0) is 49.9 Å². The maximum atomic E-state index is 12.6. The molecule has 0 aliphatic heterocycles. The molecule has 0 fully saturated rings. The van der Waals surface area contributed by atoms with Crippen LogP contribution in [0, 0.1) is 6.92 Å². The second-order valence-electron chi connectivity index (χ2n) is 7.76. The fourth-order valence-electron chi connectivity index (χ4n) is 2.86. The average molecular weight is 560 g/mol.